The van der Waals surface area contributed by atoms with E-state index >= 15 is 4.79 Å². The second-order valence-corrected chi connectivity index (χ2v) is 13.4. The number of carbonyl (C=O) groups is 4. The number of ether oxygens (including phenoxy) is 2. The van der Waals surface area contributed by atoms with Crippen molar-refractivity contribution in [1.82, 2.24) is 15.1 Å². The van der Waals surface area contributed by atoms with E-state index in [1.165, 1.54) is 4.90 Å². The van der Waals surface area contributed by atoms with E-state index in [4.69, 9.17) is 9.47 Å². The average Bonchev–Trinajstić information content (AvgIpc) is 3.78. The molecular weight excluding hydrogens is 634 g/mol. The van der Waals surface area contributed by atoms with Gasteiger partial charge < -0.3 is 29.7 Å². The van der Waals surface area contributed by atoms with Gasteiger partial charge in [0.15, 0.2) is 0 Å². The zero-order valence-electron chi connectivity index (χ0n) is 27.8. The molecule has 5 bridgehead atoms. The van der Waals surface area contributed by atoms with Gasteiger partial charge in [0, 0.05) is 19.5 Å². The molecule has 0 unspecified atom stereocenters. The highest BCUT2D eigenvalue weighted by atomic mass is 16.6. The van der Waals surface area contributed by atoms with Crippen LogP contribution in [0.1, 0.15) is 48.6 Å². The van der Waals surface area contributed by atoms with Crippen molar-refractivity contribution in [3.05, 3.63) is 132 Å². The molecule has 8 atom stereocenters. The maximum absolute atomic E-state index is 15.1. The van der Waals surface area contributed by atoms with Crippen molar-refractivity contribution in [3.63, 3.8) is 0 Å². The summed E-state index contributed by atoms with van der Waals surface area (Å²) in [5.74, 6) is -3.84. The second kappa shape index (κ2) is 14.0. The van der Waals surface area contributed by atoms with Crippen LogP contribution in [0.2, 0.25) is 0 Å². The molecule has 0 aliphatic carbocycles. The van der Waals surface area contributed by atoms with Crippen LogP contribution in [-0.4, -0.2) is 75.5 Å². The standard InChI is InChI=1S/C40H41N3O7/c1-26-35(29-18-10-4-11-19-29)49-39(48)33-31-21-22-40(50-31)34(33)37(46)43(30(25-44)28-16-8-3-9-17-28)36(40)38(47)42(24-27-14-6-2-7-15-27)23-13-5-12-20-32(45)41-26/h2-11,13-19,21-22,26,30-31,33-36,44H,12,20,23-25H2,1H3,(H,41,45)/b13-5-/t26-,30+,31+,33-,34-,35+,36+,40-/m0/s1. The first-order valence-electron chi connectivity index (χ1n) is 17.2. The fourth-order valence-electron chi connectivity index (χ4n) is 7.97. The Kier molecular flexibility index (Phi) is 9.40. The highest BCUT2D eigenvalue weighted by Gasteiger charge is 2.74. The summed E-state index contributed by atoms with van der Waals surface area (Å²) in [7, 11) is 0. The number of esters is 1. The van der Waals surface area contributed by atoms with E-state index in [2.05, 4.69) is 5.32 Å². The lowest BCUT2D eigenvalue weighted by Crippen LogP contribution is -2.56. The van der Waals surface area contributed by atoms with Gasteiger partial charge in [0.05, 0.1) is 30.7 Å². The number of hydrogen-bond donors (Lipinski definition) is 2. The van der Waals surface area contributed by atoms with Crippen LogP contribution in [0, 0.1) is 11.8 Å². The van der Waals surface area contributed by atoms with Gasteiger partial charge in [-0.3, -0.25) is 19.2 Å². The van der Waals surface area contributed by atoms with Crippen LogP contribution in [0.3, 0.4) is 0 Å². The molecule has 4 heterocycles. The summed E-state index contributed by atoms with van der Waals surface area (Å²) in [6, 6.07) is 25.2. The predicted octanol–water partition coefficient (Wildman–Crippen LogP) is 4.04. The van der Waals surface area contributed by atoms with Gasteiger partial charge in [-0.15, -0.1) is 0 Å². The fraction of sp³-hybridized carbons (Fsp3) is 0.350. The number of allylic oxidation sites excluding steroid dienone is 1. The van der Waals surface area contributed by atoms with E-state index in [9.17, 15) is 19.5 Å². The largest absolute Gasteiger partial charge is 0.455 e. The number of aliphatic hydroxyl groups is 1. The molecule has 258 valence electrons. The molecular formula is C40H41N3O7. The van der Waals surface area contributed by atoms with Gasteiger partial charge in [0.2, 0.25) is 17.7 Å². The van der Waals surface area contributed by atoms with Crippen LogP contribution in [-0.2, 0) is 35.2 Å². The SMILES string of the molecule is C[C@@H]1NC(=O)CC/C=C\CN(Cc2ccccc2)C(=O)[C@H]2N([C@H](CO)c3ccccc3)C(=O)[C@@H]3[C@@H](C(=O)O[C@H]1c1ccccc1)[C@H]1C=C[C@]32O1. The fourth-order valence-corrected chi connectivity index (χ4v) is 7.97. The number of aliphatic hydroxyl groups excluding tert-OH is 1. The molecule has 0 saturated carbocycles. The van der Waals surface area contributed by atoms with E-state index in [0.717, 1.165) is 5.56 Å². The number of fused-ring (bicyclic) bond motifs is 2. The molecule has 3 aromatic carbocycles. The predicted molar refractivity (Wildman–Crippen MR) is 184 cm³/mol. The molecule has 2 saturated heterocycles. The number of amides is 3. The summed E-state index contributed by atoms with van der Waals surface area (Å²) in [4.78, 5) is 60.4. The summed E-state index contributed by atoms with van der Waals surface area (Å²) in [5.41, 5.74) is 0.759. The summed E-state index contributed by atoms with van der Waals surface area (Å²) < 4.78 is 12.9. The summed E-state index contributed by atoms with van der Waals surface area (Å²) in [5, 5.41) is 13.9. The smallest absolute Gasteiger partial charge is 0.313 e. The zero-order chi connectivity index (χ0) is 34.8. The molecule has 50 heavy (non-hydrogen) atoms. The lowest BCUT2D eigenvalue weighted by atomic mass is 9.74. The minimum Gasteiger partial charge on any atom is -0.455 e. The Morgan fingerprint density at radius 2 is 1.58 bits per heavy atom. The Hall–Kier alpha value is -5.06. The molecule has 3 amide bonds. The van der Waals surface area contributed by atoms with Crippen molar-refractivity contribution < 1.29 is 33.8 Å². The maximum Gasteiger partial charge on any atom is 0.313 e. The third-order valence-electron chi connectivity index (χ3n) is 10.3. The van der Waals surface area contributed by atoms with Gasteiger partial charge in [-0.05, 0) is 30.0 Å². The number of cyclic esters (lactones) is 1. The number of rotatable bonds is 6. The number of nitrogens with zero attached hydrogens (tertiary/aromatic N) is 2. The van der Waals surface area contributed by atoms with Crippen molar-refractivity contribution >= 4 is 23.7 Å². The number of benzene rings is 3. The van der Waals surface area contributed by atoms with Crippen LogP contribution >= 0.6 is 0 Å². The topological polar surface area (TPSA) is 125 Å². The lowest BCUT2D eigenvalue weighted by Gasteiger charge is -2.39. The Morgan fingerprint density at radius 3 is 2.28 bits per heavy atom. The van der Waals surface area contributed by atoms with Crippen molar-refractivity contribution in [2.45, 2.75) is 62.2 Å². The van der Waals surface area contributed by atoms with Crippen LogP contribution in [0.25, 0.3) is 0 Å². The van der Waals surface area contributed by atoms with Gasteiger partial charge in [-0.1, -0.05) is 115 Å². The minimum absolute atomic E-state index is 0.202. The Bertz CT molecular complexity index is 1780. The second-order valence-electron chi connectivity index (χ2n) is 13.4. The van der Waals surface area contributed by atoms with Gasteiger partial charge in [-0.2, -0.15) is 0 Å². The Labute approximate surface area is 291 Å². The molecule has 0 aromatic heterocycles. The number of likely N-dealkylation sites (tertiary alicyclic amines) is 1. The van der Waals surface area contributed by atoms with Crippen LogP contribution in [0.5, 0.6) is 0 Å². The molecule has 2 fully saturated rings. The van der Waals surface area contributed by atoms with E-state index < -0.39 is 66.3 Å². The third kappa shape index (κ3) is 6.03. The first-order valence-corrected chi connectivity index (χ1v) is 17.2. The van der Waals surface area contributed by atoms with Gasteiger partial charge in [0.1, 0.15) is 23.7 Å². The van der Waals surface area contributed by atoms with Crippen LogP contribution in [0.15, 0.2) is 115 Å². The molecule has 2 N–H and O–H groups in total. The average molecular weight is 676 g/mol. The lowest BCUT2D eigenvalue weighted by molar-refractivity contribution is -0.162. The highest BCUT2D eigenvalue weighted by Crippen LogP contribution is 2.57. The van der Waals surface area contributed by atoms with Gasteiger partial charge in [-0.25, -0.2) is 0 Å². The van der Waals surface area contributed by atoms with Crippen molar-refractivity contribution in [2.24, 2.45) is 11.8 Å². The molecule has 0 radical (unpaired) electrons. The normalized spacial score (nSPS) is 30.9. The monoisotopic (exact) mass is 675 g/mol. The molecule has 4 aliphatic heterocycles. The molecule has 10 heteroatoms. The first kappa shape index (κ1) is 33.4. The number of nitrogens with one attached hydrogen (secondary N) is 1. The quantitative estimate of drug-likeness (QED) is 0.299. The molecule has 4 aliphatic rings. The third-order valence-corrected chi connectivity index (χ3v) is 10.3. The molecule has 1 spiro atoms. The van der Waals surface area contributed by atoms with Crippen LogP contribution < -0.4 is 5.32 Å². The van der Waals surface area contributed by atoms with Crippen molar-refractivity contribution in [1.29, 1.82) is 0 Å². The van der Waals surface area contributed by atoms with Gasteiger partial charge in [0.25, 0.3) is 0 Å². The highest BCUT2D eigenvalue weighted by molar-refractivity contribution is 5.99. The maximum atomic E-state index is 15.1. The Morgan fingerprint density at radius 1 is 0.900 bits per heavy atom. The first-order chi connectivity index (χ1) is 24.3. The van der Waals surface area contributed by atoms with Crippen molar-refractivity contribution in [2.75, 3.05) is 13.2 Å². The Balaban J connectivity index is 1.34. The zero-order valence-corrected chi connectivity index (χ0v) is 27.8. The van der Waals surface area contributed by atoms with Gasteiger partial charge >= 0.3 is 5.97 Å². The number of carbonyl (C=O) groups excluding carboxylic acids is 4. The summed E-state index contributed by atoms with van der Waals surface area (Å²) in [6.45, 7) is 1.79. The number of hydrogen-bond acceptors (Lipinski definition) is 7. The molecule has 10 nitrogen and oxygen atoms in total. The van der Waals surface area contributed by atoms with Crippen LogP contribution in [0.4, 0.5) is 0 Å². The summed E-state index contributed by atoms with van der Waals surface area (Å²) >= 11 is 0. The van der Waals surface area contributed by atoms with E-state index in [-0.39, 0.29) is 31.3 Å². The van der Waals surface area contributed by atoms with E-state index in [1.807, 2.05) is 103 Å². The van der Waals surface area contributed by atoms with E-state index in [1.54, 1.807) is 24.0 Å². The molecule has 3 aromatic rings. The van der Waals surface area contributed by atoms with Crippen molar-refractivity contribution in [3.8, 4) is 0 Å². The molecule has 7 rings (SSSR count). The van der Waals surface area contributed by atoms with E-state index in [0.29, 0.717) is 17.5 Å². The summed E-state index contributed by atoms with van der Waals surface area (Å²) in [6.07, 6.45) is 6.21. The minimum atomic E-state index is -1.47.